The number of guanidine groups is 2. The van der Waals surface area contributed by atoms with Crippen molar-refractivity contribution in [2.45, 2.75) is 0 Å². The van der Waals surface area contributed by atoms with Gasteiger partial charge in [-0.1, -0.05) is 0 Å². The molecule has 0 saturated heterocycles. The van der Waals surface area contributed by atoms with Gasteiger partial charge in [0.25, 0.3) is 0 Å². The number of hydrogen-bond acceptors (Lipinski definition) is 6. The second-order valence-electron chi connectivity index (χ2n) is 2.28. The Hall–Kier alpha value is -1.26. The molecule has 0 saturated carbocycles. The topological polar surface area (TPSA) is 204 Å². The van der Waals surface area contributed by atoms with E-state index in [4.69, 9.17) is 22.3 Å². The first-order valence-electron chi connectivity index (χ1n) is 3.81. The molecular weight excluding hydrogens is 260 g/mol. The first-order chi connectivity index (χ1) is 7.25. The van der Waals surface area contributed by atoms with E-state index in [1.54, 1.807) is 0 Å². The molecule has 0 heterocycles. The number of nitrogens with two attached hydrogens (primary N) is 2. The van der Waals surface area contributed by atoms with Crippen LogP contribution in [0.1, 0.15) is 0 Å². The average molecular weight is 272 g/mol. The molecule has 11 heteroatoms. The van der Waals surface area contributed by atoms with Gasteiger partial charge in [-0.15, -0.1) is 0 Å². The van der Waals surface area contributed by atoms with Gasteiger partial charge >= 0.3 is 37.7 Å². The van der Waals surface area contributed by atoms with Gasteiger partial charge in [0.1, 0.15) is 0 Å². The van der Waals surface area contributed by atoms with Crippen molar-refractivity contribution in [2.24, 2.45) is 11.5 Å². The van der Waals surface area contributed by atoms with Crippen molar-refractivity contribution in [1.29, 1.82) is 10.8 Å². The SMILES string of the molecule is N=C(N)NCC(=O)[O-].N=C(N)NCC(=O)[O-].[Ca+2]. The van der Waals surface area contributed by atoms with Crippen LogP contribution >= 0.6 is 0 Å². The summed E-state index contributed by atoms with van der Waals surface area (Å²) < 4.78 is 0. The van der Waals surface area contributed by atoms with Gasteiger partial charge in [-0.2, -0.15) is 0 Å². The molecule has 0 spiro atoms. The fraction of sp³-hybridized carbons (Fsp3) is 0.333. The second-order valence-corrected chi connectivity index (χ2v) is 2.28. The Balaban J connectivity index is -0.000000218. The number of hydrogen-bond donors (Lipinski definition) is 6. The molecule has 0 rings (SSSR count). The van der Waals surface area contributed by atoms with Crippen molar-refractivity contribution in [3.8, 4) is 0 Å². The Morgan fingerprint density at radius 3 is 1.24 bits per heavy atom. The molecule has 0 amide bonds. The number of rotatable bonds is 4. The Kier molecular flexibility index (Phi) is 15.9. The molecule has 17 heavy (non-hydrogen) atoms. The van der Waals surface area contributed by atoms with Crippen LogP contribution in [0.25, 0.3) is 0 Å². The van der Waals surface area contributed by atoms with Crippen LogP contribution in [0.15, 0.2) is 0 Å². The molecule has 0 aliphatic carbocycles. The van der Waals surface area contributed by atoms with Gasteiger partial charge in [-0.25, -0.2) is 0 Å². The van der Waals surface area contributed by atoms with Crippen LogP contribution in [0.2, 0.25) is 0 Å². The summed E-state index contributed by atoms with van der Waals surface area (Å²) in [5, 5.41) is 36.2. The normalized spacial score (nSPS) is 7.53. The number of carbonyl (C=O) groups is 2. The third-order valence-electron chi connectivity index (χ3n) is 0.846. The van der Waals surface area contributed by atoms with E-state index in [1.165, 1.54) is 0 Å². The van der Waals surface area contributed by atoms with Crippen molar-refractivity contribution >= 4 is 61.6 Å². The van der Waals surface area contributed by atoms with Gasteiger partial charge in [0.2, 0.25) is 0 Å². The summed E-state index contributed by atoms with van der Waals surface area (Å²) in [6, 6.07) is 0. The Labute approximate surface area is 127 Å². The number of nitrogens with one attached hydrogen (secondary N) is 4. The Bertz CT molecular complexity index is 228. The van der Waals surface area contributed by atoms with E-state index in [2.05, 4.69) is 0 Å². The van der Waals surface area contributed by atoms with E-state index >= 15 is 0 Å². The fourth-order valence-corrected chi connectivity index (χ4v) is 0.335. The molecule has 0 bridgehead atoms. The maximum atomic E-state index is 9.58. The van der Waals surface area contributed by atoms with Crippen LogP contribution in [0.4, 0.5) is 0 Å². The van der Waals surface area contributed by atoms with Crippen molar-refractivity contribution in [2.75, 3.05) is 13.1 Å². The standard InChI is InChI=1S/2C3H7N3O2.Ca/c2*4-3(5)6-1-2(7)8;/h2*1H2,(H,7,8)(H4,4,5,6);/q;;+2/p-2. The zero-order valence-corrected chi connectivity index (χ0v) is 11.1. The van der Waals surface area contributed by atoms with Crippen molar-refractivity contribution < 1.29 is 19.8 Å². The minimum atomic E-state index is -1.28. The van der Waals surface area contributed by atoms with E-state index < -0.39 is 25.0 Å². The summed E-state index contributed by atoms with van der Waals surface area (Å²) in [6.45, 7) is -0.815. The molecule has 0 aliphatic rings. The molecule has 0 fully saturated rings. The molecule has 0 aromatic heterocycles. The molecular formula is C6H12CaN6O4. The molecule has 10 nitrogen and oxygen atoms in total. The third-order valence-corrected chi connectivity index (χ3v) is 0.846. The van der Waals surface area contributed by atoms with E-state index in [9.17, 15) is 19.8 Å². The predicted octanol–water partition coefficient (Wildman–Crippen LogP) is -5.94. The van der Waals surface area contributed by atoms with Crippen LogP contribution in [-0.2, 0) is 9.59 Å². The number of aliphatic carboxylic acids is 2. The molecule has 0 radical (unpaired) electrons. The first-order valence-corrected chi connectivity index (χ1v) is 3.81. The quantitative estimate of drug-likeness (QED) is 0.165. The van der Waals surface area contributed by atoms with E-state index in [0.29, 0.717) is 0 Å². The van der Waals surface area contributed by atoms with Gasteiger partial charge in [-0.3, -0.25) is 10.8 Å². The number of carbonyl (C=O) groups excluding carboxylic acids is 2. The largest absolute Gasteiger partial charge is 2.00 e. The van der Waals surface area contributed by atoms with Gasteiger partial charge in [0, 0.05) is 0 Å². The summed E-state index contributed by atoms with van der Waals surface area (Å²) in [5.41, 5.74) is 9.44. The van der Waals surface area contributed by atoms with Crippen LogP contribution in [0.3, 0.4) is 0 Å². The molecule has 0 unspecified atom stereocenters. The van der Waals surface area contributed by atoms with Gasteiger partial charge < -0.3 is 41.9 Å². The Morgan fingerprint density at radius 2 is 1.18 bits per heavy atom. The zero-order chi connectivity index (χ0) is 13.1. The second kappa shape index (κ2) is 12.8. The van der Waals surface area contributed by atoms with Crippen molar-refractivity contribution in [1.82, 2.24) is 10.6 Å². The predicted molar refractivity (Wildman–Crippen MR) is 55.6 cm³/mol. The van der Waals surface area contributed by atoms with E-state index in [-0.39, 0.29) is 49.7 Å². The third kappa shape index (κ3) is 31.3. The van der Waals surface area contributed by atoms with Crippen LogP contribution < -0.4 is 32.3 Å². The summed E-state index contributed by atoms with van der Waals surface area (Å²) in [7, 11) is 0. The molecule has 0 atom stereocenters. The molecule has 0 aromatic carbocycles. The first kappa shape index (κ1) is 21.1. The van der Waals surface area contributed by atoms with Gasteiger partial charge in [-0.05, 0) is 0 Å². The summed E-state index contributed by atoms with van der Waals surface area (Å²) >= 11 is 0. The summed E-state index contributed by atoms with van der Waals surface area (Å²) in [5.74, 6) is -3.29. The average Bonchev–Trinajstić information content (AvgIpc) is 2.12. The number of carboxylic acid groups (broad SMARTS) is 2. The van der Waals surface area contributed by atoms with E-state index in [1.807, 2.05) is 10.6 Å². The minimum Gasteiger partial charge on any atom is -0.548 e. The molecule has 0 aliphatic heterocycles. The fourth-order valence-electron chi connectivity index (χ4n) is 0.335. The molecule has 8 N–H and O–H groups in total. The summed E-state index contributed by atoms with van der Waals surface area (Å²) in [4.78, 5) is 19.2. The monoisotopic (exact) mass is 272 g/mol. The van der Waals surface area contributed by atoms with Crippen LogP contribution in [0.5, 0.6) is 0 Å². The number of carboxylic acids is 2. The minimum absolute atomic E-state index is 0. The maximum absolute atomic E-state index is 9.58. The van der Waals surface area contributed by atoms with Crippen molar-refractivity contribution in [3.05, 3.63) is 0 Å². The van der Waals surface area contributed by atoms with Gasteiger partial charge in [0.05, 0.1) is 25.0 Å². The maximum Gasteiger partial charge on any atom is 2.00 e. The van der Waals surface area contributed by atoms with Gasteiger partial charge in [0.15, 0.2) is 11.9 Å². The smallest absolute Gasteiger partial charge is 0.548 e. The molecule has 0 aromatic rings. The van der Waals surface area contributed by atoms with E-state index in [0.717, 1.165) is 0 Å². The summed E-state index contributed by atoms with van der Waals surface area (Å²) in [6.07, 6.45) is 0. The zero-order valence-electron chi connectivity index (χ0n) is 8.91. The Morgan fingerprint density at radius 1 is 0.941 bits per heavy atom. The van der Waals surface area contributed by atoms with Crippen LogP contribution in [0, 0.1) is 10.8 Å². The molecule has 92 valence electrons. The van der Waals surface area contributed by atoms with Crippen molar-refractivity contribution in [3.63, 3.8) is 0 Å². The van der Waals surface area contributed by atoms with Crippen LogP contribution in [-0.4, -0.2) is 74.7 Å².